The van der Waals surface area contributed by atoms with E-state index in [9.17, 15) is 9.18 Å². The highest BCUT2D eigenvalue weighted by Gasteiger charge is 2.19. The van der Waals surface area contributed by atoms with Gasteiger partial charge in [0.05, 0.1) is 41.8 Å². The Labute approximate surface area is 179 Å². The Kier molecular flexibility index (Phi) is 5.42. The number of methoxy groups -OCH3 is 1. The third-order valence-electron chi connectivity index (χ3n) is 5.39. The number of hydrogen-bond acceptors (Lipinski definition) is 4. The van der Waals surface area contributed by atoms with Crippen LogP contribution in [0, 0.1) is 19.7 Å². The number of carbonyl (C=O) groups is 1. The lowest BCUT2D eigenvalue weighted by Gasteiger charge is -2.15. The molecule has 31 heavy (non-hydrogen) atoms. The molecule has 2 heterocycles. The van der Waals surface area contributed by atoms with Crippen molar-refractivity contribution in [1.29, 1.82) is 0 Å². The Balaban J connectivity index is 1.57. The lowest BCUT2D eigenvalue weighted by Crippen LogP contribution is -2.27. The van der Waals surface area contributed by atoms with Crippen LogP contribution in [0.2, 0.25) is 0 Å². The maximum atomic E-state index is 13.2. The Morgan fingerprint density at radius 3 is 2.58 bits per heavy atom. The Bertz CT molecular complexity index is 1260. The molecule has 0 fully saturated rings. The number of aromatic nitrogens is 3. The van der Waals surface area contributed by atoms with Gasteiger partial charge in [-0.3, -0.25) is 9.78 Å². The predicted molar refractivity (Wildman–Crippen MR) is 117 cm³/mol. The van der Waals surface area contributed by atoms with E-state index in [0.717, 1.165) is 33.6 Å². The molecular formula is C24H23FN4O2. The van der Waals surface area contributed by atoms with Crippen LogP contribution in [0.25, 0.3) is 16.6 Å². The van der Waals surface area contributed by atoms with E-state index in [1.165, 1.54) is 12.1 Å². The molecule has 1 amide bonds. The number of aryl methyl sites for hydroxylation is 1. The van der Waals surface area contributed by atoms with Crippen molar-refractivity contribution >= 4 is 16.8 Å². The number of carbonyl (C=O) groups excluding carboxylic acids is 1. The van der Waals surface area contributed by atoms with Crippen molar-refractivity contribution in [3.05, 3.63) is 83.1 Å². The maximum absolute atomic E-state index is 13.2. The highest BCUT2D eigenvalue weighted by atomic mass is 19.1. The first-order valence-electron chi connectivity index (χ1n) is 9.94. The Hall–Kier alpha value is -3.74. The Morgan fingerprint density at radius 1 is 1.13 bits per heavy atom. The van der Waals surface area contributed by atoms with Gasteiger partial charge in [0.25, 0.3) is 5.91 Å². The summed E-state index contributed by atoms with van der Waals surface area (Å²) in [5.41, 5.74) is 4.46. The van der Waals surface area contributed by atoms with Crippen molar-refractivity contribution in [2.24, 2.45) is 0 Å². The number of amides is 1. The molecule has 2 aromatic heterocycles. The number of ether oxygens (including phenoxy) is 1. The summed E-state index contributed by atoms with van der Waals surface area (Å²) in [7, 11) is 1.61. The lowest BCUT2D eigenvalue weighted by molar-refractivity contribution is 0.0939. The molecule has 0 saturated heterocycles. The van der Waals surface area contributed by atoms with Crippen LogP contribution in [0.3, 0.4) is 0 Å². The quantitative estimate of drug-likeness (QED) is 0.511. The predicted octanol–water partition coefficient (Wildman–Crippen LogP) is 4.68. The van der Waals surface area contributed by atoms with E-state index >= 15 is 0 Å². The summed E-state index contributed by atoms with van der Waals surface area (Å²) in [5.74, 6) is 0.218. The van der Waals surface area contributed by atoms with Gasteiger partial charge in [0, 0.05) is 22.7 Å². The molecule has 158 valence electrons. The van der Waals surface area contributed by atoms with Crippen molar-refractivity contribution in [3.63, 3.8) is 0 Å². The van der Waals surface area contributed by atoms with E-state index in [0.29, 0.717) is 11.3 Å². The number of fused-ring (bicyclic) bond motifs is 1. The van der Waals surface area contributed by atoms with Gasteiger partial charge in [-0.1, -0.05) is 0 Å². The maximum Gasteiger partial charge on any atom is 0.253 e. The van der Waals surface area contributed by atoms with Gasteiger partial charge in [-0.25, -0.2) is 9.07 Å². The van der Waals surface area contributed by atoms with Crippen LogP contribution >= 0.6 is 0 Å². The molecule has 0 spiro atoms. The molecule has 0 bridgehead atoms. The molecule has 4 rings (SSSR count). The fourth-order valence-corrected chi connectivity index (χ4v) is 3.64. The van der Waals surface area contributed by atoms with Crippen LogP contribution in [0.1, 0.15) is 40.3 Å². The summed E-state index contributed by atoms with van der Waals surface area (Å²) in [5, 5.41) is 8.31. The van der Waals surface area contributed by atoms with Crippen LogP contribution in [-0.4, -0.2) is 27.8 Å². The van der Waals surface area contributed by atoms with Crippen LogP contribution in [-0.2, 0) is 0 Å². The normalized spacial score (nSPS) is 12.0. The van der Waals surface area contributed by atoms with Gasteiger partial charge in [0.1, 0.15) is 11.6 Å². The summed E-state index contributed by atoms with van der Waals surface area (Å²) in [4.78, 5) is 17.6. The number of pyridine rings is 1. The molecular weight excluding hydrogens is 395 g/mol. The van der Waals surface area contributed by atoms with Gasteiger partial charge in [-0.15, -0.1) is 0 Å². The SMILES string of the molecule is COc1ccc2cc(C(=O)NC(C)c3cnn(-c4ccc(F)cc4)c3C)c(C)nc2c1. The second kappa shape index (κ2) is 8.18. The van der Waals surface area contributed by atoms with Crippen molar-refractivity contribution in [2.75, 3.05) is 7.11 Å². The molecule has 0 aliphatic carbocycles. The fraction of sp³-hybridized carbons (Fsp3) is 0.208. The number of rotatable bonds is 5. The summed E-state index contributed by atoms with van der Waals surface area (Å²) in [6.45, 7) is 5.65. The van der Waals surface area contributed by atoms with Crippen LogP contribution < -0.4 is 10.1 Å². The first-order chi connectivity index (χ1) is 14.9. The second-order valence-electron chi connectivity index (χ2n) is 7.45. The molecule has 1 N–H and O–H groups in total. The molecule has 2 aromatic carbocycles. The van der Waals surface area contributed by atoms with Crippen LogP contribution in [0.15, 0.2) is 54.7 Å². The summed E-state index contributed by atoms with van der Waals surface area (Å²) in [6, 6.07) is 13.3. The van der Waals surface area contributed by atoms with Gasteiger partial charge in [-0.2, -0.15) is 5.10 Å². The first kappa shape index (κ1) is 20.5. The summed E-state index contributed by atoms with van der Waals surface area (Å²) >= 11 is 0. The highest BCUT2D eigenvalue weighted by molar-refractivity contribution is 5.99. The molecule has 0 saturated carbocycles. The van der Waals surface area contributed by atoms with E-state index in [2.05, 4.69) is 15.4 Å². The van der Waals surface area contributed by atoms with Gasteiger partial charge in [-0.05, 0) is 63.2 Å². The number of nitrogens with one attached hydrogen (secondary N) is 1. The minimum absolute atomic E-state index is 0.204. The van der Waals surface area contributed by atoms with Crippen LogP contribution in [0.5, 0.6) is 5.75 Å². The van der Waals surface area contributed by atoms with Gasteiger partial charge < -0.3 is 10.1 Å². The molecule has 1 unspecified atom stereocenters. The summed E-state index contributed by atoms with van der Waals surface area (Å²) < 4.78 is 20.2. The van der Waals surface area contributed by atoms with E-state index in [4.69, 9.17) is 4.74 Å². The van der Waals surface area contributed by atoms with E-state index < -0.39 is 0 Å². The van der Waals surface area contributed by atoms with E-state index in [1.807, 2.05) is 45.0 Å². The minimum atomic E-state index is -0.299. The largest absolute Gasteiger partial charge is 0.497 e. The standard InChI is InChI=1S/C24H23FN4O2/c1-14-21(11-17-5-10-20(31-4)12-23(17)27-14)24(30)28-15(2)22-13-26-29(16(22)3)19-8-6-18(25)7-9-19/h5-13,15H,1-4H3,(H,28,30). The zero-order valence-electron chi connectivity index (χ0n) is 17.8. The van der Waals surface area contributed by atoms with Crippen LogP contribution in [0.4, 0.5) is 4.39 Å². The molecule has 1 atom stereocenters. The van der Waals surface area contributed by atoms with Crippen molar-refractivity contribution in [1.82, 2.24) is 20.1 Å². The third kappa shape index (κ3) is 3.99. The fourth-order valence-electron chi connectivity index (χ4n) is 3.64. The smallest absolute Gasteiger partial charge is 0.253 e. The monoisotopic (exact) mass is 418 g/mol. The van der Waals surface area contributed by atoms with Crippen molar-refractivity contribution in [3.8, 4) is 11.4 Å². The highest BCUT2D eigenvalue weighted by Crippen LogP contribution is 2.24. The minimum Gasteiger partial charge on any atom is -0.497 e. The zero-order valence-corrected chi connectivity index (χ0v) is 17.8. The van der Waals surface area contributed by atoms with E-state index in [1.54, 1.807) is 30.1 Å². The Morgan fingerprint density at radius 2 is 1.87 bits per heavy atom. The third-order valence-corrected chi connectivity index (χ3v) is 5.39. The molecule has 6 nitrogen and oxygen atoms in total. The molecule has 7 heteroatoms. The first-order valence-corrected chi connectivity index (χ1v) is 9.94. The number of halogens is 1. The molecule has 0 aliphatic rings. The molecule has 0 aliphatic heterocycles. The summed E-state index contributed by atoms with van der Waals surface area (Å²) in [6.07, 6.45) is 1.72. The average molecular weight is 418 g/mol. The average Bonchev–Trinajstić information content (AvgIpc) is 3.14. The number of benzene rings is 2. The van der Waals surface area contributed by atoms with E-state index in [-0.39, 0.29) is 17.8 Å². The molecule has 0 radical (unpaired) electrons. The lowest BCUT2D eigenvalue weighted by atomic mass is 10.1. The molecule has 4 aromatic rings. The van der Waals surface area contributed by atoms with Gasteiger partial charge in [0.15, 0.2) is 0 Å². The number of hydrogen-bond donors (Lipinski definition) is 1. The second-order valence-corrected chi connectivity index (χ2v) is 7.45. The topological polar surface area (TPSA) is 69.0 Å². The van der Waals surface area contributed by atoms with Crippen molar-refractivity contribution < 1.29 is 13.9 Å². The zero-order chi connectivity index (χ0) is 22.1. The van der Waals surface area contributed by atoms with Crippen molar-refractivity contribution in [2.45, 2.75) is 26.8 Å². The van der Waals surface area contributed by atoms with Gasteiger partial charge >= 0.3 is 0 Å². The number of nitrogens with zero attached hydrogens (tertiary/aromatic N) is 3. The van der Waals surface area contributed by atoms with Gasteiger partial charge in [0.2, 0.25) is 0 Å².